The number of rotatable bonds is 5. The van der Waals surface area contributed by atoms with Crippen LogP contribution in [0.5, 0.6) is 0 Å². The van der Waals surface area contributed by atoms with Gasteiger partial charge in [0.25, 0.3) is 5.91 Å². The largest absolute Gasteiger partial charge is 0.368 e. The second kappa shape index (κ2) is 7.19. The maximum atomic E-state index is 11.9. The highest BCUT2D eigenvalue weighted by Gasteiger charge is 2.23. The van der Waals surface area contributed by atoms with E-state index in [4.69, 9.17) is 10.5 Å². The monoisotopic (exact) mass is 291 g/mol. The second-order valence-corrected chi connectivity index (χ2v) is 5.30. The molecule has 4 N–H and O–H groups in total. The molecule has 0 spiro atoms. The summed E-state index contributed by atoms with van der Waals surface area (Å²) in [4.78, 5) is 23.5. The normalized spacial score (nSPS) is 19.0. The van der Waals surface area contributed by atoms with Crippen molar-refractivity contribution in [3.63, 3.8) is 0 Å². The van der Waals surface area contributed by atoms with E-state index in [-0.39, 0.29) is 30.4 Å². The van der Waals surface area contributed by atoms with Crippen LogP contribution in [0.15, 0.2) is 24.3 Å². The van der Waals surface area contributed by atoms with E-state index < -0.39 is 0 Å². The maximum absolute atomic E-state index is 11.9. The van der Waals surface area contributed by atoms with Crippen molar-refractivity contribution in [2.75, 3.05) is 17.2 Å². The van der Waals surface area contributed by atoms with Gasteiger partial charge in [-0.1, -0.05) is 0 Å². The van der Waals surface area contributed by atoms with Gasteiger partial charge in [-0.05, 0) is 44.0 Å². The quantitative estimate of drug-likeness (QED) is 0.766. The lowest BCUT2D eigenvalue weighted by Crippen LogP contribution is -2.26. The van der Waals surface area contributed by atoms with Gasteiger partial charge in [0.1, 0.15) is 6.10 Å². The molecule has 2 rings (SSSR count). The van der Waals surface area contributed by atoms with Crippen LogP contribution in [0, 0.1) is 0 Å². The van der Waals surface area contributed by atoms with Gasteiger partial charge in [-0.25, -0.2) is 0 Å². The molecule has 6 heteroatoms. The third-order valence-corrected chi connectivity index (χ3v) is 3.17. The van der Waals surface area contributed by atoms with Gasteiger partial charge in [0.05, 0.1) is 0 Å². The van der Waals surface area contributed by atoms with E-state index in [0.29, 0.717) is 18.0 Å². The van der Waals surface area contributed by atoms with Crippen molar-refractivity contribution in [3.8, 4) is 0 Å². The third-order valence-electron chi connectivity index (χ3n) is 3.17. The van der Waals surface area contributed by atoms with Crippen molar-refractivity contribution in [2.45, 2.75) is 38.3 Å². The maximum Gasteiger partial charge on any atom is 0.253 e. The highest BCUT2D eigenvalue weighted by Crippen LogP contribution is 2.17. The molecule has 0 aliphatic carbocycles. The number of nitrogens with two attached hydrogens (primary N) is 1. The number of benzene rings is 1. The molecule has 114 valence electrons. The molecule has 0 saturated carbocycles. The van der Waals surface area contributed by atoms with Gasteiger partial charge >= 0.3 is 0 Å². The molecule has 2 atom stereocenters. The number of carbonyl (C=O) groups is 2. The van der Waals surface area contributed by atoms with E-state index in [2.05, 4.69) is 10.6 Å². The van der Waals surface area contributed by atoms with Crippen LogP contribution >= 0.6 is 0 Å². The van der Waals surface area contributed by atoms with Crippen molar-refractivity contribution in [2.24, 2.45) is 5.73 Å². The number of nitrogens with one attached hydrogen (secondary N) is 2. The molecule has 21 heavy (non-hydrogen) atoms. The van der Waals surface area contributed by atoms with Gasteiger partial charge in [-0.3, -0.25) is 9.59 Å². The lowest BCUT2D eigenvalue weighted by molar-refractivity contribution is -0.124. The van der Waals surface area contributed by atoms with Crippen molar-refractivity contribution < 1.29 is 14.3 Å². The Hall–Kier alpha value is -1.92. The minimum atomic E-state index is -0.351. The Morgan fingerprint density at radius 2 is 1.90 bits per heavy atom. The highest BCUT2D eigenvalue weighted by atomic mass is 16.5. The van der Waals surface area contributed by atoms with Crippen LogP contribution < -0.4 is 16.4 Å². The van der Waals surface area contributed by atoms with Crippen molar-refractivity contribution in [3.05, 3.63) is 24.3 Å². The third kappa shape index (κ3) is 4.84. The second-order valence-electron chi connectivity index (χ2n) is 5.30. The lowest BCUT2D eigenvalue weighted by atomic mass is 10.2. The Morgan fingerprint density at radius 3 is 2.43 bits per heavy atom. The van der Waals surface area contributed by atoms with Crippen LogP contribution in [0.3, 0.4) is 0 Å². The van der Waals surface area contributed by atoms with Gasteiger partial charge in [-0.2, -0.15) is 0 Å². The zero-order chi connectivity index (χ0) is 15.2. The predicted octanol–water partition coefficient (Wildman–Crippen LogP) is 1.48. The van der Waals surface area contributed by atoms with Crippen LogP contribution in [0.25, 0.3) is 0 Å². The van der Waals surface area contributed by atoms with Gasteiger partial charge in [0, 0.05) is 30.4 Å². The summed E-state index contributed by atoms with van der Waals surface area (Å²) in [5, 5.41) is 5.55. The number of ether oxygens (including phenoxy) is 1. The van der Waals surface area contributed by atoms with Crippen LogP contribution in [-0.2, 0) is 14.3 Å². The predicted molar refractivity (Wildman–Crippen MR) is 80.9 cm³/mol. The average molecular weight is 291 g/mol. The van der Waals surface area contributed by atoms with E-state index in [1.807, 2.05) is 0 Å². The van der Waals surface area contributed by atoms with E-state index >= 15 is 0 Å². The minimum absolute atomic E-state index is 0.124. The molecule has 1 aromatic rings. The van der Waals surface area contributed by atoms with Gasteiger partial charge in [-0.15, -0.1) is 0 Å². The van der Waals surface area contributed by atoms with Gasteiger partial charge in [0.2, 0.25) is 5.91 Å². The number of anilines is 2. The molecule has 1 aromatic carbocycles. The van der Waals surface area contributed by atoms with Crippen LogP contribution in [-0.4, -0.2) is 30.6 Å². The molecule has 0 radical (unpaired) electrons. The summed E-state index contributed by atoms with van der Waals surface area (Å²) >= 11 is 0. The standard InChI is InChI=1S/C15H21N3O3/c1-10(16)9-14(19)17-11-4-6-12(7-5-11)18-15(20)13-3-2-8-21-13/h4-7,10,13H,2-3,8-9,16H2,1H3,(H,17,19)(H,18,20). The number of hydrogen-bond acceptors (Lipinski definition) is 4. The summed E-state index contributed by atoms with van der Waals surface area (Å²) in [6.45, 7) is 2.42. The summed E-state index contributed by atoms with van der Waals surface area (Å²) in [5.41, 5.74) is 6.92. The van der Waals surface area contributed by atoms with E-state index in [0.717, 1.165) is 12.8 Å². The zero-order valence-corrected chi connectivity index (χ0v) is 12.1. The zero-order valence-electron chi connectivity index (χ0n) is 12.1. The van der Waals surface area contributed by atoms with Crippen LogP contribution in [0.2, 0.25) is 0 Å². The van der Waals surface area contributed by atoms with Gasteiger partial charge < -0.3 is 21.1 Å². The molecule has 1 aliphatic rings. The smallest absolute Gasteiger partial charge is 0.253 e. The first kappa shape index (κ1) is 15.5. The molecule has 1 fully saturated rings. The highest BCUT2D eigenvalue weighted by molar-refractivity contribution is 5.95. The fourth-order valence-electron chi connectivity index (χ4n) is 2.15. The summed E-state index contributed by atoms with van der Waals surface area (Å²) in [6.07, 6.45) is 1.60. The molecule has 2 unspecified atom stereocenters. The summed E-state index contributed by atoms with van der Waals surface area (Å²) in [5.74, 6) is -0.248. The van der Waals surface area contributed by atoms with Crippen molar-refractivity contribution >= 4 is 23.2 Å². The van der Waals surface area contributed by atoms with Crippen LogP contribution in [0.1, 0.15) is 26.2 Å². The van der Waals surface area contributed by atoms with E-state index in [9.17, 15) is 9.59 Å². The van der Waals surface area contributed by atoms with Crippen molar-refractivity contribution in [1.82, 2.24) is 0 Å². The van der Waals surface area contributed by atoms with E-state index in [1.165, 1.54) is 0 Å². The molecule has 0 aromatic heterocycles. The molecular weight excluding hydrogens is 270 g/mol. The molecule has 1 saturated heterocycles. The Labute approximate surface area is 124 Å². The van der Waals surface area contributed by atoms with E-state index in [1.54, 1.807) is 31.2 Å². The Bertz CT molecular complexity index is 493. The van der Waals surface area contributed by atoms with Crippen LogP contribution in [0.4, 0.5) is 11.4 Å². The van der Waals surface area contributed by atoms with Crippen molar-refractivity contribution in [1.29, 1.82) is 0 Å². The molecule has 1 heterocycles. The molecule has 6 nitrogen and oxygen atoms in total. The fourth-order valence-corrected chi connectivity index (χ4v) is 2.15. The summed E-state index contributed by atoms with van der Waals surface area (Å²) in [7, 11) is 0. The summed E-state index contributed by atoms with van der Waals surface area (Å²) in [6, 6.07) is 6.80. The lowest BCUT2D eigenvalue weighted by Gasteiger charge is -2.11. The minimum Gasteiger partial charge on any atom is -0.368 e. The first-order valence-corrected chi connectivity index (χ1v) is 7.12. The number of carbonyl (C=O) groups excluding carboxylic acids is 2. The Balaban J connectivity index is 1.86. The molecule has 2 amide bonds. The Morgan fingerprint density at radius 1 is 1.29 bits per heavy atom. The topological polar surface area (TPSA) is 93.5 Å². The first-order valence-electron chi connectivity index (χ1n) is 7.12. The number of hydrogen-bond donors (Lipinski definition) is 3. The molecule has 0 bridgehead atoms. The first-order chi connectivity index (χ1) is 10.0. The number of amides is 2. The fraction of sp³-hybridized carbons (Fsp3) is 0.467. The van der Waals surface area contributed by atoms with Gasteiger partial charge in [0.15, 0.2) is 0 Å². The average Bonchev–Trinajstić information content (AvgIpc) is 2.94. The summed E-state index contributed by atoms with van der Waals surface area (Å²) < 4.78 is 5.32. The molecule has 1 aliphatic heterocycles. The SMILES string of the molecule is CC(N)CC(=O)Nc1ccc(NC(=O)C2CCCO2)cc1. The Kier molecular flexibility index (Phi) is 5.30. The molecular formula is C15H21N3O3.